The highest BCUT2D eigenvalue weighted by molar-refractivity contribution is 7.17. The Morgan fingerprint density at radius 3 is 2.59 bits per heavy atom. The van der Waals surface area contributed by atoms with Gasteiger partial charge in [0.05, 0.1) is 24.0 Å². The largest absolute Gasteiger partial charge is 0.481 e. The molecule has 6 nitrogen and oxygen atoms in total. The van der Waals surface area contributed by atoms with Crippen molar-refractivity contribution < 1.29 is 24.2 Å². The molecular weight excluding hydrogens is 390 g/mol. The van der Waals surface area contributed by atoms with Crippen LogP contribution in [0.25, 0.3) is 0 Å². The van der Waals surface area contributed by atoms with Crippen LogP contribution in [-0.4, -0.2) is 29.6 Å². The average Bonchev–Trinajstić information content (AvgIpc) is 3.37. The van der Waals surface area contributed by atoms with Crippen molar-refractivity contribution in [3.8, 4) is 0 Å². The van der Waals surface area contributed by atoms with Gasteiger partial charge in [-0.2, -0.15) is 0 Å². The standard InChI is InChI=1S/C22H29NO5S/c1-3-8-28-22(27)18-14-7-4-11(2)9-15(14)29-20(18)23-19(24)16-12-5-6-13(10-12)17(16)21(25)26/h11-13,16-17H,3-10H2,1-2H3,(H,23,24)(H,25,26)/t11-,12+,13-,16-,17-/m0/s1. The highest BCUT2D eigenvalue weighted by Gasteiger charge is 2.54. The lowest BCUT2D eigenvalue weighted by atomic mass is 9.78. The molecule has 1 heterocycles. The van der Waals surface area contributed by atoms with Gasteiger partial charge in [-0.05, 0) is 68.3 Å². The topological polar surface area (TPSA) is 92.7 Å². The Kier molecular flexibility index (Phi) is 5.69. The second-order valence-corrected chi connectivity index (χ2v) is 10.0. The molecule has 0 radical (unpaired) electrons. The predicted molar refractivity (Wildman–Crippen MR) is 110 cm³/mol. The smallest absolute Gasteiger partial charge is 0.341 e. The zero-order valence-corrected chi connectivity index (χ0v) is 17.8. The third-order valence-corrected chi connectivity index (χ3v) is 8.06. The second-order valence-electron chi connectivity index (χ2n) is 8.90. The third kappa shape index (κ3) is 3.69. The zero-order chi connectivity index (χ0) is 20.7. The van der Waals surface area contributed by atoms with Gasteiger partial charge >= 0.3 is 11.9 Å². The van der Waals surface area contributed by atoms with E-state index in [1.165, 1.54) is 11.3 Å². The van der Waals surface area contributed by atoms with Crippen molar-refractivity contribution in [3.05, 3.63) is 16.0 Å². The molecule has 2 N–H and O–H groups in total. The molecule has 3 aliphatic carbocycles. The summed E-state index contributed by atoms with van der Waals surface area (Å²) in [7, 11) is 0. The van der Waals surface area contributed by atoms with Crippen LogP contribution in [0.15, 0.2) is 0 Å². The quantitative estimate of drug-likeness (QED) is 0.677. The molecule has 158 valence electrons. The number of rotatable bonds is 6. The SMILES string of the molecule is CCCOC(=O)c1c(NC(=O)[C@H]2[C@@H]3CC[C@@H](C3)[C@@H]2C(=O)O)sc2c1CC[C@H](C)C2. The third-order valence-electron chi connectivity index (χ3n) is 6.89. The van der Waals surface area contributed by atoms with Crippen molar-refractivity contribution in [3.63, 3.8) is 0 Å². The number of nitrogens with one attached hydrogen (secondary N) is 1. The summed E-state index contributed by atoms with van der Waals surface area (Å²) in [6.45, 7) is 4.49. The zero-order valence-electron chi connectivity index (χ0n) is 17.0. The minimum atomic E-state index is -0.876. The van der Waals surface area contributed by atoms with Gasteiger partial charge in [0.15, 0.2) is 0 Å². The summed E-state index contributed by atoms with van der Waals surface area (Å²) in [5.74, 6) is -1.85. The van der Waals surface area contributed by atoms with E-state index in [1.807, 2.05) is 6.92 Å². The Morgan fingerprint density at radius 2 is 1.90 bits per heavy atom. The molecule has 2 bridgehead atoms. The molecule has 1 aromatic rings. The lowest BCUT2D eigenvalue weighted by Gasteiger charge is -2.27. The Bertz CT molecular complexity index is 831. The number of carbonyl (C=O) groups excluding carboxylic acids is 2. The Morgan fingerprint density at radius 1 is 1.17 bits per heavy atom. The fourth-order valence-corrected chi connectivity index (χ4v) is 6.94. The maximum Gasteiger partial charge on any atom is 0.341 e. The lowest BCUT2D eigenvalue weighted by Crippen LogP contribution is -2.38. The maximum atomic E-state index is 13.2. The molecule has 5 atom stereocenters. The minimum Gasteiger partial charge on any atom is -0.481 e. The number of aliphatic carboxylic acids is 1. The first-order valence-electron chi connectivity index (χ1n) is 10.8. The summed E-state index contributed by atoms with van der Waals surface area (Å²) in [5.41, 5.74) is 1.50. The van der Waals surface area contributed by atoms with Gasteiger partial charge in [-0.1, -0.05) is 13.8 Å². The summed E-state index contributed by atoms with van der Waals surface area (Å²) in [6, 6.07) is 0. The molecule has 29 heavy (non-hydrogen) atoms. The van der Waals surface area contributed by atoms with E-state index in [0.29, 0.717) is 23.1 Å². The van der Waals surface area contributed by atoms with Crippen LogP contribution in [0.2, 0.25) is 0 Å². The van der Waals surface area contributed by atoms with Gasteiger partial charge in [0.2, 0.25) is 5.91 Å². The van der Waals surface area contributed by atoms with Gasteiger partial charge in [-0.3, -0.25) is 9.59 Å². The number of carboxylic acids is 1. The number of amides is 1. The van der Waals surface area contributed by atoms with Gasteiger partial charge in [0.1, 0.15) is 5.00 Å². The van der Waals surface area contributed by atoms with Gasteiger partial charge in [-0.15, -0.1) is 11.3 Å². The van der Waals surface area contributed by atoms with Crippen LogP contribution >= 0.6 is 11.3 Å². The summed E-state index contributed by atoms with van der Waals surface area (Å²) in [6.07, 6.45) is 6.09. The van der Waals surface area contributed by atoms with Gasteiger partial charge in [0, 0.05) is 4.88 Å². The van der Waals surface area contributed by atoms with E-state index in [-0.39, 0.29) is 23.7 Å². The fraction of sp³-hybridized carbons (Fsp3) is 0.682. The van der Waals surface area contributed by atoms with Crippen molar-refractivity contribution in [1.29, 1.82) is 0 Å². The molecule has 7 heteroatoms. The van der Waals surface area contributed by atoms with Crippen molar-refractivity contribution in [2.75, 3.05) is 11.9 Å². The van der Waals surface area contributed by atoms with Crippen LogP contribution in [0.3, 0.4) is 0 Å². The predicted octanol–water partition coefficient (Wildman–Crippen LogP) is 4.13. The monoisotopic (exact) mass is 419 g/mol. The average molecular weight is 420 g/mol. The number of fused-ring (bicyclic) bond motifs is 3. The first-order valence-corrected chi connectivity index (χ1v) is 11.6. The lowest BCUT2D eigenvalue weighted by molar-refractivity contribution is -0.148. The van der Waals surface area contributed by atoms with Gasteiger partial charge in [-0.25, -0.2) is 4.79 Å². The number of carboxylic acid groups (broad SMARTS) is 1. The van der Waals surface area contributed by atoms with Crippen LogP contribution in [0, 0.1) is 29.6 Å². The summed E-state index contributed by atoms with van der Waals surface area (Å²) in [5, 5.41) is 13.2. The maximum absolute atomic E-state index is 13.2. The minimum absolute atomic E-state index is 0.0969. The molecule has 0 spiro atoms. The molecular formula is C22H29NO5S. The van der Waals surface area contributed by atoms with E-state index in [9.17, 15) is 19.5 Å². The van der Waals surface area contributed by atoms with Crippen LogP contribution in [0.5, 0.6) is 0 Å². The van der Waals surface area contributed by atoms with Crippen LogP contribution < -0.4 is 5.32 Å². The Balaban J connectivity index is 1.61. The van der Waals surface area contributed by atoms with Crippen LogP contribution in [-0.2, 0) is 27.2 Å². The highest BCUT2D eigenvalue weighted by Crippen LogP contribution is 2.53. The summed E-state index contributed by atoms with van der Waals surface area (Å²) >= 11 is 1.46. The molecule has 2 saturated carbocycles. The molecule has 2 fully saturated rings. The van der Waals surface area contributed by atoms with E-state index in [4.69, 9.17) is 4.74 Å². The molecule has 0 unspecified atom stereocenters. The van der Waals surface area contributed by atoms with E-state index >= 15 is 0 Å². The molecule has 0 aromatic carbocycles. The van der Waals surface area contributed by atoms with E-state index < -0.39 is 17.8 Å². The summed E-state index contributed by atoms with van der Waals surface area (Å²) < 4.78 is 5.41. The molecule has 4 rings (SSSR count). The number of thiophene rings is 1. The fourth-order valence-electron chi connectivity index (χ4n) is 5.54. The molecule has 0 aliphatic heterocycles. The molecule has 0 saturated heterocycles. The van der Waals surface area contributed by atoms with E-state index in [1.54, 1.807) is 0 Å². The molecule has 1 amide bonds. The van der Waals surface area contributed by atoms with Crippen molar-refractivity contribution in [1.82, 2.24) is 0 Å². The van der Waals surface area contributed by atoms with Crippen LogP contribution in [0.1, 0.15) is 66.8 Å². The molecule has 1 aromatic heterocycles. The summed E-state index contributed by atoms with van der Waals surface area (Å²) in [4.78, 5) is 38.9. The first-order chi connectivity index (χ1) is 13.9. The van der Waals surface area contributed by atoms with Crippen molar-refractivity contribution >= 4 is 34.2 Å². The Labute approximate surface area is 175 Å². The number of ether oxygens (including phenoxy) is 1. The van der Waals surface area contributed by atoms with E-state index in [0.717, 1.165) is 55.4 Å². The number of anilines is 1. The van der Waals surface area contributed by atoms with Crippen molar-refractivity contribution in [2.24, 2.45) is 29.6 Å². The molecule has 3 aliphatic rings. The van der Waals surface area contributed by atoms with Gasteiger partial charge < -0.3 is 15.2 Å². The number of hydrogen-bond donors (Lipinski definition) is 2. The van der Waals surface area contributed by atoms with Gasteiger partial charge in [0.25, 0.3) is 0 Å². The second kappa shape index (κ2) is 8.09. The highest BCUT2D eigenvalue weighted by atomic mass is 32.1. The number of esters is 1. The first kappa shape index (κ1) is 20.4. The Hall–Kier alpha value is -1.89. The number of carbonyl (C=O) groups is 3. The normalized spacial score (nSPS) is 30.1. The van der Waals surface area contributed by atoms with E-state index in [2.05, 4.69) is 12.2 Å². The van der Waals surface area contributed by atoms with Crippen molar-refractivity contribution in [2.45, 2.75) is 58.8 Å². The van der Waals surface area contributed by atoms with Crippen LogP contribution in [0.4, 0.5) is 5.00 Å². The number of hydrogen-bond acceptors (Lipinski definition) is 5.